The first-order valence-corrected chi connectivity index (χ1v) is 8.20. The van der Waals surface area contributed by atoms with Crippen molar-refractivity contribution in [3.8, 4) is 5.75 Å². The molecule has 6 heteroatoms. The van der Waals surface area contributed by atoms with Crippen LogP contribution < -0.4 is 10.6 Å². The van der Waals surface area contributed by atoms with Crippen LogP contribution in [0, 0.1) is 5.82 Å². The predicted molar refractivity (Wildman–Crippen MR) is 93.8 cm³/mol. The van der Waals surface area contributed by atoms with Gasteiger partial charge < -0.3 is 20.8 Å². The number of phenolic OH excluding ortho intramolecular Hbond substituents is 1. The zero-order chi connectivity index (χ0) is 18.2. The molecule has 0 fully saturated rings. The summed E-state index contributed by atoms with van der Waals surface area (Å²) in [6.07, 6.45) is 0.396. The van der Waals surface area contributed by atoms with E-state index in [0.717, 1.165) is 18.4 Å². The number of phenols is 1. The van der Waals surface area contributed by atoms with Crippen molar-refractivity contribution >= 4 is 6.03 Å². The standard InChI is InChI=1S/C19H23FN2O3/c1-13(6-7-14-8-10-15(23)11-9-14)22-19(25)21-12-18(24)16-4-2-3-5-17(16)20/h2-5,8-11,13,18,23-24H,6-7,12H2,1H3,(H2,21,22,25). The van der Waals surface area contributed by atoms with E-state index in [1.54, 1.807) is 24.3 Å². The van der Waals surface area contributed by atoms with E-state index in [-0.39, 0.29) is 23.9 Å². The fraction of sp³-hybridized carbons (Fsp3) is 0.316. The van der Waals surface area contributed by atoms with Crippen molar-refractivity contribution in [2.24, 2.45) is 0 Å². The van der Waals surface area contributed by atoms with Gasteiger partial charge in [0.25, 0.3) is 0 Å². The molecule has 0 radical (unpaired) electrons. The van der Waals surface area contributed by atoms with Crippen LogP contribution in [0.1, 0.15) is 30.6 Å². The Hall–Kier alpha value is -2.60. The number of hydrogen-bond acceptors (Lipinski definition) is 3. The Balaban J connectivity index is 1.72. The summed E-state index contributed by atoms with van der Waals surface area (Å²) in [5, 5.41) is 24.5. The van der Waals surface area contributed by atoms with E-state index in [0.29, 0.717) is 0 Å². The molecule has 2 amide bonds. The van der Waals surface area contributed by atoms with Crippen LogP contribution in [0.15, 0.2) is 48.5 Å². The molecule has 25 heavy (non-hydrogen) atoms. The van der Waals surface area contributed by atoms with Crippen LogP contribution in [-0.2, 0) is 6.42 Å². The smallest absolute Gasteiger partial charge is 0.315 e. The van der Waals surface area contributed by atoms with Gasteiger partial charge in [-0.1, -0.05) is 30.3 Å². The lowest BCUT2D eigenvalue weighted by molar-refractivity contribution is 0.168. The predicted octanol–water partition coefficient (Wildman–Crippen LogP) is 2.89. The third-order valence-electron chi connectivity index (χ3n) is 3.90. The molecule has 2 unspecified atom stereocenters. The molecule has 134 valence electrons. The molecule has 0 heterocycles. The number of aliphatic hydroxyl groups is 1. The molecule has 5 nitrogen and oxygen atoms in total. The van der Waals surface area contributed by atoms with Crippen molar-refractivity contribution in [1.82, 2.24) is 10.6 Å². The van der Waals surface area contributed by atoms with Crippen molar-refractivity contribution in [1.29, 1.82) is 0 Å². The third kappa shape index (κ3) is 6.08. The maximum absolute atomic E-state index is 13.6. The zero-order valence-electron chi connectivity index (χ0n) is 14.1. The highest BCUT2D eigenvalue weighted by Gasteiger charge is 2.14. The van der Waals surface area contributed by atoms with Gasteiger partial charge in [0.15, 0.2) is 0 Å². The largest absolute Gasteiger partial charge is 0.508 e. The van der Waals surface area contributed by atoms with E-state index >= 15 is 0 Å². The van der Waals surface area contributed by atoms with Gasteiger partial charge in [0, 0.05) is 18.2 Å². The Morgan fingerprint density at radius 2 is 1.84 bits per heavy atom. The number of aromatic hydroxyl groups is 1. The summed E-state index contributed by atoms with van der Waals surface area (Å²) in [5.74, 6) is -0.276. The highest BCUT2D eigenvalue weighted by Crippen LogP contribution is 2.15. The monoisotopic (exact) mass is 346 g/mol. The average molecular weight is 346 g/mol. The summed E-state index contributed by atoms with van der Waals surface area (Å²) in [4.78, 5) is 11.9. The molecule has 0 aliphatic carbocycles. The number of amides is 2. The van der Waals surface area contributed by atoms with Crippen molar-refractivity contribution in [3.05, 3.63) is 65.5 Å². The first-order chi connectivity index (χ1) is 12.0. The van der Waals surface area contributed by atoms with Gasteiger partial charge in [0.1, 0.15) is 11.6 Å². The minimum Gasteiger partial charge on any atom is -0.508 e. The van der Waals surface area contributed by atoms with Crippen LogP contribution in [0.5, 0.6) is 5.75 Å². The second kappa shape index (κ2) is 9.03. The molecular weight excluding hydrogens is 323 g/mol. The highest BCUT2D eigenvalue weighted by molar-refractivity contribution is 5.74. The van der Waals surface area contributed by atoms with Gasteiger partial charge in [0.2, 0.25) is 0 Å². The molecule has 0 aliphatic heterocycles. The molecule has 0 saturated heterocycles. The van der Waals surface area contributed by atoms with E-state index in [1.807, 2.05) is 19.1 Å². The normalized spacial score (nSPS) is 13.1. The van der Waals surface area contributed by atoms with Gasteiger partial charge >= 0.3 is 6.03 Å². The Labute approximate surface area is 146 Å². The number of nitrogens with one attached hydrogen (secondary N) is 2. The number of carbonyl (C=O) groups excluding carboxylic acids is 1. The van der Waals surface area contributed by atoms with E-state index < -0.39 is 18.0 Å². The molecular formula is C19H23FN2O3. The highest BCUT2D eigenvalue weighted by atomic mass is 19.1. The van der Waals surface area contributed by atoms with Crippen molar-refractivity contribution in [2.75, 3.05) is 6.54 Å². The zero-order valence-corrected chi connectivity index (χ0v) is 14.1. The van der Waals surface area contributed by atoms with Gasteiger partial charge in [-0.25, -0.2) is 9.18 Å². The fourth-order valence-electron chi connectivity index (χ4n) is 2.44. The molecule has 0 aromatic heterocycles. The van der Waals surface area contributed by atoms with Crippen LogP contribution in [0.4, 0.5) is 9.18 Å². The number of aliphatic hydroxyl groups excluding tert-OH is 1. The molecule has 2 aromatic carbocycles. The van der Waals surface area contributed by atoms with Gasteiger partial charge in [-0.15, -0.1) is 0 Å². The number of rotatable bonds is 7. The Bertz CT molecular complexity index is 691. The van der Waals surface area contributed by atoms with Crippen LogP contribution >= 0.6 is 0 Å². The molecule has 2 rings (SSSR count). The number of urea groups is 1. The lowest BCUT2D eigenvalue weighted by Gasteiger charge is -2.17. The number of aryl methyl sites for hydroxylation is 1. The Morgan fingerprint density at radius 1 is 1.16 bits per heavy atom. The van der Waals surface area contributed by atoms with Crippen LogP contribution in [-0.4, -0.2) is 28.8 Å². The number of halogens is 1. The van der Waals surface area contributed by atoms with Gasteiger partial charge in [-0.3, -0.25) is 0 Å². The summed E-state index contributed by atoms with van der Waals surface area (Å²) < 4.78 is 13.6. The average Bonchev–Trinajstić information content (AvgIpc) is 2.59. The topological polar surface area (TPSA) is 81.6 Å². The van der Waals surface area contributed by atoms with E-state index in [1.165, 1.54) is 12.1 Å². The van der Waals surface area contributed by atoms with Gasteiger partial charge in [-0.05, 0) is 43.5 Å². The second-order valence-electron chi connectivity index (χ2n) is 6.00. The van der Waals surface area contributed by atoms with Crippen molar-refractivity contribution < 1.29 is 19.4 Å². The number of carbonyl (C=O) groups is 1. The lowest BCUT2D eigenvalue weighted by Crippen LogP contribution is -2.42. The Morgan fingerprint density at radius 3 is 2.52 bits per heavy atom. The summed E-state index contributed by atoms with van der Waals surface area (Å²) in [6.45, 7) is 1.81. The maximum atomic E-state index is 13.6. The van der Waals surface area contributed by atoms with Gasteiger partial charge in [-0.2, -0.15) is 0 Å². The Kier molecular flexibility index (Phi) is 6.77. The maximum Gasteiger partial charge on any atom is 0.315 e. The lowest BCUT2D eigenvalue weighted by atomic mass is 10.1. The first kappa shape index (κ1) is 18.7. The van der Waals surface area contributed by atoms with Gasteiger partial charge in [0.05, 0.1) is 6.10 Å². The third-order valence-corrected chi connectivity index (χ3v) is 3.90. The van der Waals surface area contributed by atoms with Crippen LogP contribution in [0.3, 0.4) is 0 Å². The fourth-order valence-corrected chi connectivity index (χ4v) is 2.44. The van der Waals surface area contributed by atoms with Crippen molar-refractivity contribution in [2.45, 2.75) is 31.9 Å². The van der Waals surface area contributed by atoms with E-state index in [2.05, 4.69) is 10.6 Å². The van der Waals surface area contributed by atoms with E-state index in [4.69, 9.17) is 0 Å². The van der Waals surface area contributed by atoms with Crippen LogP contribution in [0.2, 0.25) is 0 Å². The second-order valence-corrected chi connectivity index (χ2v) is 6.00. The molecule has 2 atom stereocenters. The van der Waals surface area contributed by atoms with Crippen molar-refractivity contribution in [3.63, 3.8) is 0 Å². The number of benzene rings is 2. The quantitative estimate of drug-likeness (QED) is 0.622. The molecule has 0 saturated carbocycles. The molecule has 0 aliphatic rings. The number of hydrogen-bond donors (Lipinski definition) is 4. The minimum atomic E-state index is -1.10. The SMILES string of the molecule is CC(CCc1ccc(O)cc1)NC(=O)NCC(O)c1ccccc1F. The van der Waals surface area contributed by atoms with E-state index in [9.17, 15) is 19.4 Å². The minimum absolute atomic E-state index is 0.0700. The summed E-state index contributed by atoms with van der Waals surface area (Å²) in [5.41, 5.74) is 1.23. The molecule has 4 N–H and O–H groups in total. The van der Waals surface area contributed by atoms with Crippen LogP contribution in [0.25, 0.3) is 0 Å². The molecule has 0 spiro atoms. The molecule has 0 bridgehead atoms. The summed E-state index contributed by atoms with van der Waals surface area (Å²) in [6, 6.07) is 12.4. The summed E-state index contributed by atoms with van der Waals surface area (Å²) in [7, 11) is 0. The summed E-state index contributed by atoms with van der Waals surface area (Å²) >= 11 is 0. The molecule has 2 aromatic rings. The first-order valence-electron chi connectivity index (χ1n) is 8.20.